The molecule has 4 heteroatoms. The summed E-state index contributed by atoms with van der Waals surface area (Å²) in [5, 5.41) is 0. The van der Waals surface area contributed by atoms with Gasteiger partial charge in [0.05, 0.1) is 4.47 Å². The van der Waals surface area contributed by atoms with Crippen LogP contribution in [0.4, 0.5) is 4.39 Å². The Morgan fingerprint density at radius 2 is 2.11 bits per heavy atom. The lowest BCUT2D eigenvalue weighted by Crippen LogP contribution is -2.34. The minimum Gasteiger partial charge on any atom is -0.305 e. The third-order valence-corrected chi connectivity index (χ3v) is 4.31. The Labute approximate surface area is 117 Å². The van der Waals surface area contributed by atoms with Gasteiger partial charge >= 0.3 is 0 Å². The highest BCUT2D eigenvalue weighted by atomic mass is 79.9. The monoisotopic (exact) mass is 314 g/mol. The lowest BCUT2D eigenvalue weighted by atomic mass is 10.1. The van der Waals surface area contributed by atoms with Crippen LogP contribution in [0.5, 0.6) is 0 Å². The van der Waals surface area contributed by atoms with Crippen molar-refractivity contribution in [1.82, 2.24) is 9.80 Å². The van der Waals surface area contributed by atoms with Gasteiger partial charge in [0.2, 0.25) is 0 Å². The SMILES string of the molecule is C[C@@H]1CN(Cc2ccc(F)c(Br)c2)C[C@H]1N(C)C. The van der Waals surface area contributed by atoms with E-state index in [4.69, 9.17) is 0 Å². The average Bonchev–Trinajstić information content (AvgIpc) is 2.65. The molecular weight excluding hydrogens is 295 g/mol. The Bertz CT molecular complexity index is 422. The molecule has 0 aliphatic carbocycles. The fourth-order valence-electron chi connectivity index (χ4n) is 2.75. The molecule has 0 N–H and O–H groups in total. The van der Waals surface area contributed by atoms with E-state index in [1.165, 1.54) is 6.07 Å². The maximum absolute atomic E-state index is 13.2. The van der Waals surface area contributed by atoms with Crippen molar-refractivity contribution in [2.45, 2.75) is 19.5 Å². The summed E-state index contributed by atoms with van der Waals surface area (Å²) in [5.74, 6) is 0.489. The minimum absolute atomic E-state index is 0.195. The molecule has 1 aromatic carbocycles. The van der Waals surface area contributed by atoms with Gasteiger partial charge in [-0.1, -0.05) is 13.0 Å². The second-order valence-corrected chi connectivity index (χ2v) is 6.31. The third kappa shape index (κ3) is 3.11. The molecule has 0 amide bonds. The second-order valence-electron chi connectivity index (χ2n) is 5.45. The Kier molecular flexibility index (Phi) is 4.41. The first-order valence-corrected chi connectivity index (χ1v) is 7.09. The van der Waals surface area contributed by atoms with Crippen molar-refractivity contribution in [3.8, 4) is 0 Å². The molecule has 0 radical (unpaired) electrons. The molecular formula is C14H20BrFN2. The number of benzene rings is 1. The molecule has 1 fully saturated rings. The summed E-state index contributed by atoms with van der Waals surface area (Å²) in [7, 11) is 4.28. The molecule has 0 unspecified atom stereocenters. The van der Waals surface area contributed by atoms with Gasteiger partial charge in [-0.2, -0.15) is 0 Å². The standard InChI is InChI=1S/C14H20BrFN2/c1-10-7-18(9-14(10)17(2)3)8-11-4-5-13(16)12(15)6-11/h4-6,10,14H,7-9H2,1-3H3/t10-,14-/m1/s1. The van der Waals surface area contributed by atoms with Gasteiger partial charge in [0.1, 0.15) is 5.82 Å². The van der Waals surface area contributed by atoms with Crippen molar-refractivity contribution >= 4 is 15.9 Å². The highest BCUT2D eigenvalue weighted by molar-refractivity contribution is 9.10. The summed E-state index contributed by atoms with van der Waals surface area (Å²) in [6, 6.07) is 5.90. The smallest absolute Gasteiger partial charge is 0.137 e. The van der Waals surface area contributed by atoms with Gasteiger partial charge in [-0.15, -0.1) is 0 Å². The van der Waals surface area contributed by atoms with Crippen LogP contribution in [0.3, 0.4) is 0 Å². The summed E-state index contributed by atoms with van der Waals surface area (Å²) in [5.41, 5.74) is 1.16. The molecule has 1 aliphatic rings. The van der Waals surface area contributed by atoms with E-state index in [9.17, 15) is 4.39 Å². The zero-order chi connectivity index (χ0) is 13.3. The van der Waals surface area contributed by atoms with Gasteiger partial charge in [-0.3, -0.25) is 4.90 Å². The van der Waals surface area contributed by atoms with Crippen molar-refractivity contribution in [3.63, 3.8) is 0 Å². The van der Waals surface area contributed by atoms with E-state index in [2.05, 4.69) is 46.7 Å². The van der Waals surface area contributed by atoms with Crippen LogP contribution in [0.2, 0.25) is 0 Å². The van der Waals surface area contributed by atoms with Crippen LogP contribution in [-0.4, -0.2) is 43.0 Å². The quantitative estimate of drug-likeness (QED) is 0.846. The zero-order valence-electron chi connectivity index (χ0n) is 11.2. The largest absolute Gasteiger partial charge is 0.305 e. The van der Waals surface area contributed by atoms with Crippen LogP contribution < -0.4 is 0 Å². The maximum atomic E-state index is 13.2. The molecule has 0 saturated carbocycles. The maximum Gasteiger partial charge on any atom is 0.137 e. The van der Waals surface area contributed by atoms with Gasteiger partial charge in [0.25, 0.3) is 0 Å². The number of hydrogen-bond acceptors (Lipinski definition) is 2. The van der Waals surface area contributed by atoms with Crippen molar-refractivity contribution in [3.05, 3.63) is 34.1 Å². The molecule has 18 heavy (non-hydrogen) atoms. The third-order valence-electron chi connectivity index (χ3n) is 3.70. The van der Waals surface area contributed by atoms with Crippen molar-refractivity contribution in [2.75, 3.05) is 27.2 Å². The molecule has 2 rings (SSSR count). The summed E-state index contributed by atoms with van der Waals surface area (Å²) in [6.45, 7) is 5.39. The van der Waals surface area contributed by atoms with Gasteiger partial charge in [0.15, 0.2) is 0 Å². The van der Waals surface area contributed by atoms with Crippen LogP contribution in [0.1, 0.15) is 12.5 Å². The van der Waals surface area contributed by atoms with Gasteiger partial charge in [-0.05, 0) is 53.6 Å². The van der Waals surface area contributed by atoms with Crippen LogP contribution in [-0.2, 0) is 6.54 Å². The molecule has 1 aliphatic heterocycles. The molecule has 1 saturated heterocycles. The van der Waals surface area contributed by atoms with E-state index in [-0.39, 0.29) is 5.82 Å². The molecule has 1 heterocycles. The first kappa shape index (κ1) is 14.0. The lowest BCUT2D eigenvalue weighted by Gasteiger charge is -2.22. The Hall–Kier alpha value is -0.450. The van der Waals surface area contributed by atoms with Crippen molar-refractivity contribution < 1.29 is 4.39 Å². The number of halogens is 2. The van der Waals surface area contributed by atoms with Crippen LogP contribution in [0.15, 0.2) is 22.7 Å². The molecule has 0 aromatic heterocycles. The molecule has 1 aromatic rings. The Morgan fingerprint density at radius 1 is 1.39 bits per heavy atom. The van der Waals surface area contributed by atoms with Gasteiger partial charge < -0.3 is 4.90 Å². The fraction of sp³-hybridized carbons (Fsp3) is 0.571. The zero-order valence-corrected chi connectivity index (χ0v) is 12.7. The summed E-state index contributed by atoms with van der Waals surface area (Å²) in [6.07, 6.45) is 0. The normalized spacial score (nSPS) is 25.0. The summed E-state index contributed by atoms with van der Waals surface area (Å²) in [4.78, 5) is 4.74. The van der Waals surface area contributed by atoms with E-state index >= 15 is 0 Å². The van der Waals surface area contributed by atoms with E-state index in [0.29, 0.717) is 16.4 Å². The number of nitrogens with zero attached hydrogens (tertiary/aromatic N) is 2. The topological polar surface area (TPSA) is 6.48 Å². The predicted molar refractivity (Wildman–Crippen MR) is 76.0 cm³/mol. The second kappa shape index (κ2) is 5.68. The van der Waals surface area contributed by atoms with Crippen molar-refractivity contribution in [1.29, 1.82) is 0 Å². The number of rotatable bonds is 3. The average molecular weight is 315 g/mol. The molecule has 2 nitrogen and oxygen atoms in total. The van der Waals surface area contributed by atoms with E-state index in [1.54, 1.807) is 0 Å². The van der Waals surface area contributed by atoms with Gasteiger partial charge in [0, 0.05) is 25.7 Å². The highest BCUT2D eigenvalue weighted by Gasteiger charge is 2.30. The van der Waals surface area contributed by atoms with Crippen LogP contribution in [0, 0.1) is 11.7 Å². The molecule has 100 valence electrons. The number of hydrogen-bond donors (Lipinski definition) is 0. The first-order valence-electron chi connectivity index (χ1n) is 6.30. The predicted octanol–water partition coefficient (Wildman–Crippen LogP) is 2.97. The Balaban J connectivity index is 2.00. The summed E-state index contributed by atoms with van der Waals surface area (Å²) < 4.78 is 13.7. The van der Waals surface area contributed by atoms with E-state index in [0.717, 1.165) is 25.2 Å². The Morgan fingerprint density at radius 3 is 2.67 bits per heavy atom. The van der Waals surface area contributed by atoms with Crippen LogP contribution >= 0.6 is 15.9 Å². The van der Waals surface area contributed by atoms with E-state index in [1.807, 2.05) is 12.1 Å². The van der Waals surface area contributed by atoms with Gasteiger partial charge in [-0.25, -0.2) is 4.39 Å². The minimum atomic E-state index is -0.195. The molecule has 0 spiro atoms. The molecule has 0 bridgehead atoms. The highest BCUT2D eigenvalue weighted by Crippen LogP contribution is 2.23. The van der Waals surface area contributed by atoms with Crippen LogP contribution in [0.25, 0.3) is 0 Å². The molecule has 2 atom stereocenters. The number of likely N-dealkylation sites (N-methyl/N-ethyl adjacent to an activating group) is 1. The van der Waals surface area contributed by atoms with E-state index < -0.39 is 0 Å². The lowest BCUT2D eigenvalue weighted by molar-refractivity contribution is 0.250. The van der Waals surface area contributed by atoms with Crippen molar-refractivity contribution in [2.24, 2.45) is 5.92 Å². The first-order chi connectivity index (χ1) is 8.47. The fourth-order valence-corrected chi connectivity index (χ4v) is 3.17. The number of likely N-dealkylation sites (tertiary alicyclic amines) is 1. The summed E-state index contributed by atoms with van der Waals surface area (Å²) >= 11 is 3.24.